The Morgan fingerprint density at radius 3 is 2.85 bits per heavy atom. The summed E-state index contributed by atoms with van der Waals surface area (Å²) in [4.78, 5) is 23.1. The van der Waals surface area contributed by atoms with Gasteiger partial charge >= 0.3 is 5.97 Å². The van der Waals surface area contributed by atoms with Gasteiger partial charge in [0.1, 0.15) is 10.1 Å². The number of nitrogens with one attached hydrogen (secondary N) is 1. The second kappa shape index (κ2) is 6.06. The number of carbonyl (C=O) groups excluding carboxylic acids is 1. The van der Waals surface area contributed by atoms with Crippen molar-refractivity contribution in [1.29, 1.82) is 0 Å². The Balaban J connectivity index is 2.44. The molecule has 0 radical (unpaired) electrons. The van der Waals surface area contributed by atoms with E-state index in [0.29, 0.717) is 27.1 Å². The molecular formula is C13H11NO4S2. The van der Waals surface area contributed by atoms with Crippen molar-refractivity contribution >= 4 is 46.3 Å². The van der Waals surface area contributed by atoms with Crippen LogP contribution in [0.4, 0.5) is 0 Å². The number of rotatable bonds is 4. The Labute approximate surface area is 125 Å². The van der Waals surface area contributed by atoms with Crippen molar-refractivity contribution < 1.29 is 19.4 Å². The van der Waals surface area contributed by atoms with Crippen molar-refractivity contribution in [2.24, 2.45) is 0 Å². The predicted molar refractivity (Wildman–Crippen MR) is 80.9 cm³/mol. The molecule has 1 aromatic rings. The average molecular weight is 309 g/mol. The van der Waals surface area contributed by atoms with E-state index in [0.717, 1.165) is 11.8 Å². The third-order valence-corrected chi connectivity index (χ3v) is 3.65. The maximum Gasteiger partial charge on any atom is 0.335 e. The van der Waals surface area contributed by atoms with E-state index in [1.807, 2.05) is 6.92 Å². The van der Waals surface area contributed by atoms with Gasteiger partial charge in [0.15, 0.2) is 0 Å². The Kier molecular flexibility index (Phi) is 4.41. The highest BCUT2D eigenvalue weighted by Gasteiger charge is 2.22. The molecule has 1 aromatic carbocycles. The van der Waals surface area contributed by atoms with E-state index in [-0.39, 0.29) is 11.5 Å². The molecule has 5 nitrogen and oxygen atoms in total. The van der Waals surface area contributed by atoms with Crippen molar-refractivity contribution in [3.8, 4) is 5.75 Å². The molecule has 1 aliphatic heterocycles. The summed E-state index contributed by atoms with van der Waals surface area (Å²) < 4.78 is 5.82. The van der Waals surface area contributed by atoms with Gasteiger partial charge in [0.05, 0.1) is 17.1 Å². The summed E-state index contributed by atoms with van der Waals surface area (Å²) in [7, 11) is 0. The highest BCUT2D eigenvalue weighted by molar-refractivity contribution is 8.26. The molecule has 2 N–H and O–H groups in total. The number of carbonyl (C=O) groups is 2. The molecule has 0 aliphatic carbocycles. The van der Waals surface area contributed by atoms with Crippen LogP contribution in [0.1, 0.15) is 22.8 Å². The van der Waals surface area contributed by atoms with Crippen LogP contribution in [0.25, 0.3) is 6.08 Å². The molecule has 104 valence electrons. The summed E-state index contributed by atoms with van der Waals surface area (Å²) in [5, 5.41) is 11.5. The van der Waals surface area contributed by atoms with Gasteiger partial charge in [-0.3, -0.25) is 4.79 Å². The first-order valence-corrected chi connectivity index (χ1v) is 6.98. The van der Waals surface area contributed by atoms with Gasteiger partial charge in [-0.1, -0.05) is 24.0 Å². The van der Waals surface area contributed by atoms with Gasteiger partial charge in [-0.05, 0) is 31.2 Å². The number of carboxylic acids is 1. The minimum atomic E-state index is -1.04. The number of ether oxygens (including phenoxy) is 1. The number of thiocarbonyl (C=S) groups is 1. The summed E-state index contributed by atoms with van der Waals surface area (Å²) in [6.07, 6.45) is 1.58. The molecule has 20 heavy (non-hydrogen) atoms. The van der Waals surface area contributed by atoms with Gasteiger partial charge in [0, 0.05) is 5.56 Å². The molecule has 7 heteroatoms. The number of aromatic carboxylic acids is 1. The monoisotopic (exact) mass is 309 g/mol. The smallest absolute Gasteiger partial charge is 0.335 e. The molecular weight excluding hydrogens is 298 g/mol. The Morgan fingerprint density at radius 1 is 1.55 bits per heavy atom. The quantitative estimate of drug-likeness (QED) is 0.656. The summed E-state index contributed by atoms with van der Waals surface area (Å²) in [5.41, 5.74) is 0.667. The van der Waals surface area contributed by atoms with Crippen LogP contribution in [0.5, 0.6) is 5.75 Å². The van der Waals surface area contributed by atoms with E-state index in [9.17, 15) is 9.59 Å². The first kappa shape index (κ1) is 14.5. The number of hydrogen-bond acceptors (Lipinski definition) is 5. The molecule has 2 rings (SSSR count). The summed E-state index contributed by atoms with van der Waals surface area (Å²) >= 11 is 6.04. The van der Waals surface area contributed by atoms with E-state index in [1.165, 1.54) is 12.1 Å². The van der Waals surface area contributed by atoms with E-state index in [2.05, 4.69) is 5.32 Å². The van der Waals surface area contributed by atoms with Crippen LogP contribution in [0.3, 0.4) is 0 Å². The van der Waals surface area contributed by atoms with Crippen molar-refractivity contribution in [1.82, 2.24) is 5.32 Å². The zero-order valence-electron chi connectivity index (χ0n) is 10.5. The third-order valence-electron chi connectivity index (χ3n) is 2.49. The summed E-state index contributed by atoms with van der Waals surface area (Å²) in [6, 6.07) is 4.51. The fourth-order valence-electron chi connectivity index (χ4n) is 1.64. The highest BCUT2D eigenvalue weighted by atomic mass is 32.2. The molecule has 0 bridgehead atoms. The standard InChI is InChI=1S/C13H11NO4S2/c1-2-18-9-4-3-7(12(16)17)5-8(9)6-10-11(15)14-13(19)20-10/h3-6H,2H2,1H3,(H,16,17)(H,14,15,19)/b10-6-. The Morgan fingerprint density at radius 2 is 2.30 bits per heavy atom. The normalized spacial score (nSPS) is 16.4. The molecule has 1 heterocycles. The van der Waals surface area contributed by atoms with Crippen LogP contribution in [0, 0.1) is 0 Å². The molecule has 1 aliphatic rings. The number of amides is 1. The molecule has 0 spiro atoms. The first-order chi connectivity index (χ1) is 9.51. The largest absolute Gasteiger partial charge is 0.493 e. The van der Waals surface area contributed by atoms with Gasteiger partial charge in [-0.2, -0.15) is 0 Å². The minimum Gasteiger partial charge on any atom is -0.493 e. The average Bonchev–Trinajstić information content (AvgIpc) is 2.70. The molecule has 1 fully saturated rings. The lowest BCUT2D eigenvalue weighted by atomic mass is 10.1. The predicted octanol–water partition coefficient (Wildman–Crippen LogP) is 2.27. The fraction of sp³-hybridized carbons (Fsp3) is 0.154. The zero-order valence-corrected chi connectivity index (χ0v) is 12.1. The number of carboxylic acid groups (broad SMARTS) is 1. The third kappa shape index (κ3) is 3.17. The van der Waals surface area contributed by atoms with Crippen molar-refractivity contribution in [2.45, 2.75) is 6.92 Å². The molecule has 0 aromatic heterocycles. The van der Waals surface area contributed by atoms with Gasteiger partial charge in [0.25, 0.3) is 5.91 Å². The van der Waals surface area contributed by atoms with Crippen LogP contribution in [0.2, 0.25) is 0 Å². The van der Waals surface area contributed by atoms with Crippen LogP contribution < -0.4 is 10.1 Å². The van der Waals surface area contributed by atoms with Gasteiger partial charge in [-0.15, -0.1) is 0 Å². The number of benzene rings is 1. The highest BCUT2D eigenvalue weighted by Crippen LogP contribution is 2.30. The van der Waals surface area contributed by atoms with Crippen LogP contribution >= 0.6 is 24.0 Å². The second-order valence-electron chi connectivity index (χ2n) is 3.84. The lowest BCUT2D eigenvalue weighted by molar-refractivity contribution is -0.115. The Bertz CT molecular complexity index is 625. The van der Waals surface area contributed by atoms with E-state index in [4.69, 9.17) is 22.1 Å². The SMILES string of the molecule is CCOc1ccc(C(=O)O)cc1/C=C1\SC(=S)NC1=O. The summed E-state index contributed by atoms with van der Waals surface area (Å²) in [6.45, 7) is 2.27. The van der Waals surface area contributed by atoms with Crippen LogP contribution in [0.15, 0.2) is 23.1 Å². The van der Waals surface area contributed by atoms with Crippen molar-refractivity contribution in [3.05, 3.63) is 34.2 Å². The van der Waals surface area contributed by atoms with Crippen molar-refractivity contribution in [3.63, 3.8) is 0 Å². The maximum atomic E-state index is 11.6. The first-order valence-electron chi connectivity index (χ1n) is 5.76. The molecule has 1 amide bonds. The van der Waals surface area contributed by atoms with E-state index < -0.39 is 5.97 Å². The van der Waals surface area contributed by atoms with Crippen LogP contribution in [-0.4, -0.2) is 27.9 Å². The van der Waals surface area contributed by atoms with Crippen LogP contribution in [-0.2, 0) is 4.79 Å². The Hall–Kier alpha value is -1.86. The van der Waals surface area contributed by atoms with E-state index in [1.54, 1.807) is 12.1 Å². The second-order valence-corrected chi connectivity index (χ2v) is 5.56. The maximum absolute atomic E-state index is 11.6. The lowest BCUT2D eigenvalue weighted by Gasteiger charge is -2.08. The fourth-order valence-corrected chi connectivity index (χ4v) is 2.68. The summed E-state index contributed by atoms with van der Waals surface area (Å²) in [5.74, 6) is -0.800. The number of hydrogen-bond donors (Lipinski definition) is 2. The topological polar surface area (TPSA) is 75.6 Å². The van der Waals surface area contributed by atoms with Crippen molar-refractivity contribution in [2.75, 3.05) is 6.61 Å². The molecule has 0 unspecified atom stereocenters. The number of thioether (sulfide) groups is 1. The zero-order chi connectivity index (χ0) is 14.7. The minimum absolute atomic E-state index is 0.131. The van der Waals surface area contributed by atoms with Gasteiger partial charge in [-0.25, -0.2) is 4.79 Å². The molecule has 0 saturated carbocycles. The molecule has 0 atom stereocenters. The van der Waals surface area contributed by atoms with E-state index >= 15 is 0 Å². The van der Waals surface area contributed by atoms with Gasteiger partial charge in [0.2, 0.25) is 0 Å². The van der Waals surface area contributed by atoms with Gasteiger partial charge < -0.3 is 15.2 Å². The molecule has 1 saturated heterocycles. The lowest BCUT2D eigenvalue weighted by Crippen LogP contribution is -2.17.